The van der Waals surface area contributed by atoms with Gasteiger partial charge in [0.2, 0.25) is 0 Å². The van der Waals surface area contributed by atoms with Crippen molar-refractivity contribution >= 4 is 29.9 Å². The highest BCUT2D eigenvalue weighted by molar-refractivity contribution is 14.0. The van der Waals surface area contributed by atoms with Gasteiger partial charge in [0.05, 0.1) is 0 Å². The van der Waals surface area contributed by atoms with Gasteiger partial charge in [-0.3, -0.25) is 4.99 Å². The van der Waals surface area contributed by atoms with Crippen LogP contribution in [0.4, 0.5) is 0 Å². The second kappa shape index (κ2) is 9.25. The van der Waals surface area contributed by atoms with Crippen LogP contribution in [0.2, 0.25) is 0 Å². The fraction of sp³-hybridized carbons (Fsp3) is 0.950. The summed E-state index contributed by atoms with van der Waals surface area (Å²) in [6.45, 7) is 3.69. The third-order valence-corrected chi connectivity index (χ3v) is 7.04. The molecule has 4 nitrogen and oxygen atoms in total. The Balaban J connectivity index is 0.00000182. The van der Waals surface area contributed by atoms with Crippen molar-refractivity contribution in [1.82, 2.24) is 15.5 Å². The summed E-state index contributed by atoms with van der Waals surface area (Å²) in [6, 6.07) is 1.57. The van der Waals surface area contributed by atoms with Crippen LogP contribution in [0.1, 0.15) is 64.2 Å². The molecular formula is C20H37IN4. The van der Waals surface area contributed by atoms with Gasteiger partial charge in [-0.1, -0.05) is 25.7 Å². The minimum absolute atomic E-state index is 0. The van der Waals surface area contributed by atoms with Crippen molar-refractivity contribution in [3.8, 4) is 0 Å². The van der Waals surface area contributed by atoms with Crippen LogP contribution in [0.25, 0.3) is 0 Å². The standard InChI is InChI=1S/C20H36N4.HI/c1-21-20(22-13-15-10-11-24(14-15)19-8-9-19)23-18-7-6-16-4-2-3-5-17(16)12-18;/h15-19H,2-14H2,1H3,(H2,21,22,23);1H. The number of aliphatic imine (C=N–C) groups is 1. The third kappa shape index (κ3) is 5.24. The maximum atomic E-state index is 4.49. The lowest BCUT2D eigenvalue weighted by atomic mass is 9.69. The van der Waals surface area contributed by atoms with Crippen molar-refractivity contribution in [1.29, 1.82) is 0 Å². The minimum atomic E-state index is 0. The molecule has 4 aliphatic rings. The molecule has 0 aromatic carbocycles. The Morgan fingerprint density at radius 3 is 2.56 bits per heavy atom. The number of hydrogen-bond acceptors (Lipinski definition) is 2. The molecule has 0 aromatic rings. The lowest BCUT2D eigenvalue weighted by Crippen LogP contribution is -2.48. The van der Waals surface area contributed by atoms with E-state index in [2.05, 4.69) is 20.5 Å². The van der Waals surface area contributed by atoms with E-state index in [0.29, 0.717) is 6.04 Å². The average Bonchev–Trinajstić information content (AvgIpc) is 3.37. The zero-order chi connectivity index (χ0) is 16.4. The van der Waals surface area contributed by atoms with Gasteiger partial charge >= 0.3 is 0 Å². The molecule has 0 amide bonds. The van der Waals surface area contributed by atoms with Crippen molar-refractivity contribution in [3.05, 3.63) is 0 Å². The Morgan fingerprint density at radius 2 is 1.80 bits per heavy atom. The van der Waals surface area contributed by atoms with Gasteiger partial charge in [-0.05, 0) is 62.8 Å². The molecular weight excluding hydrogens is 423 g/mol. The largest absolute Gasteiger partial charge is 0.356 e. The first-order valence-electron chi connectivity index (χ1n) is 10.5. The normalized spacial score (nSPS) is 36.4. The molecule has 3 saturated carbocycles. The summed E-state index contributed by atoms with van der Waals surface area (Å²) in [6.07, 6.45) is 14.2. The van der Waals surface area contributed by atoms with Crippen LogP contribution in [0, 0.1) is 17.8 Å². The molecule has 4 unspecified atom stereocenters. The van der Waals surface area contributed by atoms with Crippen molar-refractivity contribution in [2.24, 2.45) is 22.7 Å². The van der Waals surface area contributed by atoms with Gasteiger partial charge in [0.25, 0.3) is 0 Å². The van der Waals surface area contributed by atoms with Gasteiger partial charge in [0.1, 0.15) is 0 Å². The second-order valence-corrected chi connectivity index (χ2v) is 8.79. The molecule has 144 valence electrons. The zero-order valence-corrected chi connectivity index (χ0v) is 18.2. The van der Waals surface area contributed by atoms with Crippen molar-refractivity contribution < 1.29 is 0 Å². The number of hydrogen-bond donors (Lipinski definition) is 2. The molecule has 1 aliphatic heterocycles. The minimum Gasteiger partial charge on any atom is -0.356 e. The van der Waals surface area contributed by atoms with Crippen LogP contribution in [0.3, 0.4) is 0 Å². The Hall–Kier alpha value is -0.0400. The first kappa shape index (κ1) is 19.7. The van der Waals surface area contributed by atoms with Gasteiger partial charge < -0.3 is 15.5 Å². The molecule has 4 rings (SSSR count). The topological polar surface area (TPSA) is 39.7 Å². The molecule has 4 atom stereocenters. The Morgan fingerprint density at radius 1 is 1.00 bits per heavy atom. The Labute approximate surface area is 171 Å². The number of fused-ring (bicyclic) bond motifs is 1. The van der Waals surface area contributed by atoms with E-state index in [1.807, 2.05) is 7.05 Å². The SMILES string of the molecule is CN=C(NCC1CCN(C2CC2)C1)NC1CCC2CCCCC2C1.I. The van der Waals surface area contributed by atoms with E-state index in [0.717, 1.165) is 36.3 Å². The molecule has 0 radical (unpaired) electrons. The summed E-state index contributed by atoms with van der Waals surface area (Å²) in [5.41, 5.74) is 0. The second-order valence-electron chi connectivity index (χ2n) is 8.79. The summed E-state index contributed by atoms with van der Waals surface area (Å²) in [7, 11) is 1.92. The Kier molecular flexibility index (Phi) is 7.29. The number of likely N-dealkylation sites (tertiary alicyclic amines) is 1. The van der Waals surface area contributed by atoms with E-state index < -0.39 is 0 Å². The highest BCUT2D eigenvalue weighted by Gasteiger charge is 2.35. The Bertz CT molecular complexity index is 451. The van der Waals surface area contributed by atoms with Gasteiger partial charge in [-0.25, -0.2) is 0 Å². The molecule has 4 fully saturated rings. The van der Waals surface area contributed by atoms with E-state index in [-0.39, 0.29) is 24.0 Å². The quantitative estimate of drug-likeness (QED) is 0.383. The van der Waals surface area contributed by atoms with E-state index in [1.54, 1.807) is 0 Å². The van der Waals surface area contributed by atoms with Gasteiger partial charge in [-0.15, -0.1) is 24.0 Å². The fourth-order valence-electron chi connectivity index (χ4n) is 5.43. The van der Waals surface area contributed by atoms with E-state index in [4.69, 9.17) is 0 Å². The summed E-state index contributed by atoms with van der Waals surface area (Å²) < 4.78 is 0. The van der Waals surface area contributed by atoms with Crippen LogP contribution in [0.15, 0.2) is 4.99 Å². The van der Waals surface area contributed by atoms with Crippen LogP contribution in [0.5, 0.6) is 0 Å². The molecule has 25 heavy (non-hydrogen) atoms. The summed E-state index contributed by atoms with van der Waals surface area (Å²) in [5, 5.41) is 7.36. The molecule has 0 bridgehead atoms. The average molecular weight is 460 g/mol. The summed E-state index contributed by atoms with van der Waals surface area (Å²) >= 11 is 0. The lowest BCUT2D eigenvalue weighted by molar-refractivity contribution is 0.150. The summed E-state index contributed by atoms with van der Waals surface area (Å²) in [4.78, 5) is 7.20. The molecule has 0 aromatic heterocycles. The highest BCUT2D eigenvalue weighted by Crippen LogP contribution is 2.40. The van der Waals surface area contributed by atoms with Gasteiger partial charge in [0.15, 0.2) is 5.96 Å². The first-order valence-corrected chi connectivity index (χ1v) is 10.5. The molecule has 3 aliphatic carbocycles. The maximum absolute atomic E-state index is 4.49. The van der Waals surface area contributed by atoms with E-state index in [9.17, 15) is 0 Å². The third-order valence-electron chi connectivity index (χ3n) is 7.04. The van der Waals surface area contributed by atoms with Crippen molar-refractivity contribution in [2.75, 3.05) is 26.7 Å². The number of nitrogens with one attached hydrogen (secondary N) is 2. The number of guanidine groups is 1. The number of halogens is 1. The molecule has 0 spiro atoms. The zero-order valence-electron chi connectivity index (χ0n) is 15.9. The molecule has 1 saturated heterocycles. The van der Waals surface area contributed by atoms with Crippen molar-refractivity contribution in [3.63, 3.8) is 0 Å². The van der Waals surface area contributed by atoms with Crippen LogP contribution >= 0.6 is 24.0 Å². The van der Waals surface area contributed by atoms with Gasteiger partial charge in [-0.2, -0.15) is 0 Å². The summed E-state index contributed by atoms with van der Waals surface area (Å²) in [5.74, 6) is 3.85. The van der Waals surface area contributed by atoms with E-state index in [1.165, 1.54) is 77.3 Å². The molecule has 1 heterocycles. The first-order chi connectivity index (χ1) is 11.8. The fourth-order valence-corrected chi connectivity index (χ4v) is 5.43. The highest BCUT2D eigenvalue weighted by atomic mass is 127. The van der Waals surface area contributed by atoms with Crippen LogP contribution < -0.4 is 10.6 Å². The number of rotatable bonds is 4. The maximum Gasteiger partial charge on any atom is 0.191 e. The van der Waals surface area contributed by atoms with Crippen LogP contribution in [-0.4, -0.2) is 49.6 Å². The molecule has 2 N–H and O–H groups in total. The van der Waals surface area contributed by atoms with Gasteiger partial charge in [0, 0.05) is 32.2 Å². The predicted octanol–water partition coefficient (Wildman–Crippen LogP) is 3.61. The smallest absolute Gasteiger partial charge is 0.191 e. The number of nitrogens with zero attached hydrogens (tertiary/aromatic N) is 2. The lowest BCUT2D eigenvalue weighted by Gasteiger charge is -2.40. The van der Waals surface area contributed by atoms with Crippen LogP contribution in [-0.2, 0) is 0 Å². The predicted molar refractivity (Wildman–Crippen MR) is 116 cm³/mol. The van der Waals surface area contributed by atoms with E-state index >= 15 is 0 Å². The molecule has 5 heteroatoms. The van der Waals surface area contributed by atoms with Crippen molar-refractivity contribution in [2.45, 2.75) is 76.3 Å². The monoisotopic (exact) mass is 460 g/mol.